The van der Waals surface area contributed by atoms with Gasteiger partial charge in [-0.15, -0.1) is 0 Å². The molecule has 2 saturated heterocycles. The zero-order valence-electron chi connectivity index (χ0n) is 13.1. The van der Waals surface area contributed by atoms with Gasteiger partial charge in [0.2, 0.25) is 11.8 Å². The van der Waals surface area contributed by atoms with Crippen LogP contribution in [0.5, 0.6) is 0 Å². The fraction of sp³-hybridized carbons (Fsp3) is 0.857. The minimum atomic E-state index is -3.15. The predicted molar refractivity (Wildman–Crippen MR) is 79.4 cm³/mol. The van der Waals surface area contributed by atoms with Crippen LogP contribution in [0.3, 0.4) is 0 Å². The minimum Gasteiger partial charge on any atom is -0.340 e. The molecule has 2 amide bonds. The van der Waals surface area contributed by atoms with Crippen LogP contribution < -0.4 is 5.32 Å². The first-order valence-electron chi connectivity index (χ1n) is 7.45. The zero-order chi connectivity index (χ0) is 16.1. The standard InChI is InChI=1S/C14H24N2O4S/c1-5-10-11(17)15-14(4,6-2)12(18)16(10)13(3)7-8-21(19,20)9-13/h10H,5-9H2,1-4H3,(H,15,17). The van der Waals surface area contributed by atoms with Crippen molar-refractivity contribution in [3.63, 3.8) is 0 Å². The van der Waals surface area contributed by atoms with Crippen molar-refractivity contribution in [2.45, 2.75) is 64.1 Å². The molecule has 120 valence electrons. The van der Waals surface area contributed by atoms with Crippen molar-refractivity contribution in [2.24, 2.45) is 0 Å². The van der Waals surface area contributed by atoms with Gasteiger partial charge in [-0.3, -0.25) is 9.59 Å². The van der Waals surface area contributed by atoms with E-state index in [2.05, 4.69) is 5.32 Å². The molecule has 0 bridgehead atoms. The Hall–Kier alpha value is -1.11. The van der Waals surface area contributed by atoms with Gasteiger partial charge in [0.05, 0.1) is 17.0 Å². The average molecular weight is 316 g/mol. The highest BCUT2D eigenvalue weighted by Crippen LogP contribution is 2.36. The van der Waals surface area contributed by atoms with Crippen molar-refractivity contribution in [3.8, 4) is 0 Å². The van der Waals surface area contributed by atoms with Crippen molar-refractivity contribution in [2.75, 3.05) is 11.5 Å². The third kappa shape index (κ3) is 2.56. The number of nitrogens with one attached hydrogen (secondary N) is 1. The number of sulfone groups is 1. The molecule has 0 aliphatic carbocycles. The molecule has 2 aliphatic rings. The summed E-state index contributed by atoms with van der Waals surface area (Å²) in [5, 5.41) is 2.81. The quantitative estimate of drug-likeness (QED) is 0.820. The van der Waals surface area contributed by atoms with Gasteiger partial charge in [-0.1, -0.05) is 13.8 Å². The third-order valence-electron chi connectivity index (χ3n) is 4.86. The maximum absolute atomic E-state index is 12.9. The number of piperazine rings is 1. The Kier molecular flexibility index (Phi) is 3.85. The number of hydrogen-bond acceptors (Lipinski definition) is 4. The van der Waals surface area contributed by atoms with Crippen molar-refractivity contribution in [1.82, 2.24) is 10.2 Å². The number of carbonyl (C=O) groups is 2. The molecule has 0 saturated carbocycles. The van der Waals surface area contributed by atoms with Crippen molar-refractivity contribution in [1.29, 1.82) is 0 Å². The van der Waals surface area contributed by atoms with Gasteiger partial charge < -0.3 is 10.2 Å². The van der Waals surface area contributed by atoms with Gasteiger partial charge in [0, 0.05) is 0 Å². The topological polar surface area (TPSA) is 83.6 Å². The second-order valence-corrected chi connectivity index (χ2v) is 8.80. The molecule has 0 aromatic carbocycles. The fourth-order valence-electron chi connectivity index (χ4n) is 3.35. The van der Waals surface area contributed by atoms with Gasteiger partial charge in [-0.2, -0.15) is 0 Å². The predicted octanol–water partition coefficient (Wildman–Crippen LogP) is 0.469. The highest BCUT2D eigenvalue weighted by Gasteiger charge is 2.55. The first-order valence-corrected chi connectivity index (χ1v) is 9.27. The second kappa shape index (κ2) is 4.97. The highest BCUT2D eigenvalue weighted by atomic mass is 32.2. The number of amides is 2. The molecule has 2 rings (SSSR count). The van der Waals surface area contributed by atoms with Gasteiger partial charge >= 0.3 is 0 Å². The molecule has 21 heavy (non-hydrogen) atoms. The largest absolute Gasteiger partial charge is 0.340 e. The first kappa shape index (κ1) is 16.3. The Morgan fingerprint density at radius 3 is 2.33 bits per heavy atom. The summed E-state index contributed by atoms with van der Waals surface area (Å²) in [7, 11) is -3.15. The van der Waals surface area contributed by atoms with Crippen LogP contribution in [0.1, 0.15) is 47.0 Å². The summed E-state index contributed by atoms with van der Waals surface area (Å²) in [5.41, 5.74) is -1.73. The van der Waals surface area contributed by atoms with E-state index in [0.717, 1.165) is 0 Å². The number of nitrogens with zero attached hydrogens (tertiary/aromatic N) is 1. The number of rotatable bonds is 3. The molecule has 2 fully saturated rings. The second-order valence-electron chi connectivity index (χ2n) is 6.61. The smallest absolute Gasteiger partial charge is 0.249 e. The molecule has 0 aromatic rings. The molecule has 2 aliphatic heterocycles. The normalized spacial score (nSPS) is 39.4. The Labute approximate surface area is 126 Å². The van der Waals surface area contributed by atoms with E-state index in [1.165, 1.54) is 0 Å². The van der Waals surface area contributed by atoms with Crippen LogP contribution in [-0.4, -0.2) is 53.8 Å². The molecular weight excluding hydrogens is 292 g/mol. The van der Waals surface area contributed by atoms with Crippen molar-refractivity contribution in [3.05, 3.63) is 0 Å². The summed E-state index contributed by atoms with van der Waals surface area (Å²) in [4.78, 5) is 26.8. The van der Waals surface area contributed by atoms with Crippen molar-refractivity contribution >= 4 is 21.7 Å². The molecule has 2 heterocycles. The Morgan fingerprint density at radius 2 is 1.90 bits per heavy atom. The molecular formula is C14H24N2O4S. The average Bonchev–Trinajstić information content (AvgIpc) is 2.68. The molecule has 0 spiro atoms. The van der Waals surface area contributed by atoms with Gasteiger partial charge in [0.15, 0.2) is 9.84 Å². The van der Waals surface area contributed by atoms with E-state index in [1.807, 2.05) is 13.8 Å². The summed E-state index contributed by atoms with van der Waals surface area (Å²) in [6.07, 6.45) is 1.35. The van der Waals surface area contributed by atoms with Gasteiger partial charge in [0.1, 0.15) is 11.6 Å². The van der Waals surface area contributed by atoms with Crippen LogP contribution in [0.25, 0.3) is 0 Å². The zero-order valence-corrected chi connectivity index (χ0v) is 13.9. The Morgan fingerprint density at radius 1 is 1.29 bits per heavy atom. The Bertz CT molecular complexity index is 574. The van der Waals surface area contributed by atoms with Gasteiger partial charge in [-0.05, 0) is 33.1 Å². The van der Waals surface area contributed by atoms with Gasteiger partial charge in [0.25, 0.3) is 0 Å². The minimum absolute atomic E-state index is 0.0602. The lowest BCUT2D eigenvalue weighted by atomic mass is 9.86. The van der Waals surface area contributed by atoms with E-state index in [0.29, 0.717) is 19.3 Å². The lowest BCUT2D eigenvalue weighted by Gasteiger charge is -2.50. The SMILES string of the molecule is CCC1C(=O)NC(C)(CC)C(=O)N1C1(C)CCS(=O)(=O)C1. The molecule has 6 nitrogen and oxygen atoms in total. The van der Waals surface area contributed by atoms with Gasteiger partial charge in [-0.25, -0.2) is 8.42 Å². The Balaban J connectivity index is 2.46. The van der Waals surface area contributed by atoms with Crippen LogP contribution in [0.4, 0.5) is 0 Å². The van der Waals surface area contributed by atoms with Crippen LogP contribution in [0.15, 0.2) is 0 Å². The van der Waals surface area contributed by atoms with E-state index in [4.69, 9.17) is 0 Å². The first-order chi connectivity index (χ1) is 9.58. The van der Waals surface area contributed by atoms with E-state index in [1.54, 1.807) is 18.7 Å². The van der Waals surface area contributed by atoms with E-state index in [9.17, 15) is 18.0 Å². The molecule has 1 N–H and O–H groups in total. The van der Waals surface area contributed by atoms with E-state index in [-0.39, 0.29) is 23.3 Å². The lowest BCUT2D eigenvalue weighted by Crippen LogP contribution is -2.73. The monoisotopic (exact) mass is 316 g/mol. The molecule has 7 heteroatoms. The highest BCUT2D eigenvalue weighted by molar-refractivity contribution is 7.91. The maximum atomic E-state index is 12.9. The van der Waals surface area contributed by atoms with Crippen LogP contribution in [-0.2, 0) is 19.4 Å². The fourth-order valence-corrected chi connectivity index (χ4v) is 5.47. The van der Waals surface area contributed by atoms with Crippen LogP contribution >= 0.6 is 0 Å². The summed E-state index contributed by atoms with van der Waals surface area (Å²) in [6, 6.07) is -0.588. The summed E-state index contributed by atoms with van der Waals surface area (Å²) in [5.74, 6) is -0.341. The van der Waals surface area contributed by atoms with Crippen molar-refractivity contribution < 1.29 is 18.0 Å². The van der Waals surface area contributed by atoms with Crippen LogP contribution in [0.2, 0.25) is 0 Å². The summed E-state index contributed by atoms with van der Waals surface area (Å²) < 4.78 is 23.7. The molecule has 3 unspecified atom stereocenters. The molecule has 0 aromatic heterocycles. The van der Waals surface area contributed by atoms with E-state index >= 15 is 0 Å². The maximum Gasteiger partial charge on any atom is 0.249 e. The number of carbonyl (C=O) groups excluding carboxylic acids is 2. The summed E-state index contributed by atoms with van der Waals surface area (Å²) in [6.45, 7) is 7.17. The van der Waals surface area contributed by atoms with Crippen LogP contribution in [0, 0.1) is 0 Å². The van der Waals surface area contributed by atoms with E-state index < -0.39 is 27.0 Å². The molecule has 3 atom stereocenters. The lowest BCUT2D eigenvalue weighted by molar-refractivity contribution is -0.161. The third-order valence-corrected chi connectivity index (χ3v) is 6.75. The number of hydrogen-bond donors (Lipinski definition) is 1. The molecule has 0 radical (unpaired) electrons. The summed E-state index contributed by atoms with van der Waals surface area (Å²) >= 11 is 0.